The molecule has 10 heteroatoms. The van der Waals surface area contributed by atoms with E-state index in [1.165, 1.54) is 4.90 Å². The Bertz CT molecular complexity index is 1400. The highest BCUT2D eigenvalue weighted by Gasteiger charge is 2.45. The molecule has 1 fully saturated rings. The molecule has 41 heavy (non-hydrogen) atoms. The van der Waals surface area contributed by atoms with Crippen LogP contribution in [0.1, 0.15) is 37.9 Å². The number of allylic oxidation sites excluding steroid dienone is 3. The van der Waals surface area contributed by atoms with Gasteiger partial charge in [0.25, 0.3) is 0 Å². The SMILES string of the molecule is C=C(/C=C\C(Cl)=C/C)[C@H]1[C@@H](c2ccc(Cl)cc2)N=C(c2ccc(OC)cc2OC(C)C)N1C(=O)N1CCNC(=O)C1. The van der Waals surface area contributed by atoms with Crippen LogP contribution in [0.3, 0.4) is 0 Å². The lowest BCUT2D eigenvalue weighted by Gasteiger charge is -2.36. The van der Waals surface area contributed by atoms with Crippen molar-refractivity contribution in [2.45, 2.75) is 39.0 Å². The molecule has 8 nitrogen and oxygen atoms in total. The van der Waals surface area contributed by atoms with Gasteiger partial charge in [-0.05, 0) is 62.2 Å². The number of carbonyl (C=O) groups excluding carboxylic acids is 2. The minimum Gasteiger partial charge on any atom is -0.497 e. The standard InChI is InChI=1S/C31H34Cl2N4O4/c1-6-22(32)10-7-20(4)29-28(21-8-11-23(33)12-9-21)35-30(37(29)31(39)36-16-15-34-27(38)18-36)25-14-13-24(40-5)17-26(25)41-19(2)3/h6-14,17,19,28-29H,4,15-16,18H2,1-3,5H3,(H,34,38)/b10-7-,22-6+/t28-,29+/m1/s1. The molecule has 0 bridgehead atoms. The quantitative estimate of drug-likeness (QED) is 0.372. The van der Waals surface area contributed by atoms with Crippen LogP contribution >= 0.6 is 23.2 Å². The third kappa shape index (κ3) is 6.94. The van der Waals surface area contributed by atoms with Crippen molar-refractivity contribution in [2.24, 2.45) is 4.99 Å². The van der Waals surface area contributed by atoms with E-state index in [2.05, 4.69) is 11.9 Å². The van der Waals surface area contributed by atoms with Gasteiger partial charge >= 0.3 is 6.03 Å². The topological polar surface area (TPSA) is 83.5 Å². The van der Waals surface area contributed by atoms with Gasteiger partial charge in [0.05, 0.1) is 24.8 Å². The molecule has 2 aromatic carbocycles. The van der Waals surface area contributed by atoms with E-state index in [9.17, 15) is 9.59 Å². The van der Waals surface area contributed by atoms with Crippen LogP contribution in [0, 0.1) is 0 Å². The van der Waals surface area contributed by atoms with Crippen molar-refractivity contribution in [3.8, 4) is 11.5 Å². The summed E-state index contributed by atoms with van der Waals surface area (Å²) in [5, 5.41) is 3.89. The van der Waals surface area contributed by atoms with Crippen LogP contribution in [-0.2, 0) is 4.79 Å². The number of aliphatic imine (C=N–C) groups is 1. The smallest absolute Gasteiger partial charge is 0.326 e. The number of piperazine rings is 1. The van der Waals surface area contributed by atoms with Gasteiger partial charge in [0.1, 0.15) is 29.9 Å². The number of benzene rings is 2. The zero-order valence-electron chi connectivity index (χ0n) is 23.6. The van der Waals surface area contributed by atoms with Gasteiger partial charge in [-0.1, -0.05) is 54.1 Å². The maximum absolute atomic E-state index is 14.3. The fraction of sp³-hybridized carbons (Fsp3) is 0.323. The number of halogens is 2. The predicted octanol–water partition coefficient (Wildman–Crippen LogP) is 6.11. The van der Waals surface area contributed by atoms with Crippen molar-refractivity contribution in [2.75, 3.05) is 26.7 Å². The van der Waals surface area contributed by atoms with E-state index in [-0.39, 0.29) is 24.6 Å². The number of carbonyl (C=O) groups is 2. The lowest BCUT2D eigenvalue weighted by molar-refractivity contribution is -0.123. The van der Waals surface area contributed by atoms with Crippen LogP contribution in [0.25, 0.3) is 0 Å². The van der Waals surface area contributed by atoms with Crippen LogP contribution in [-0.4, -0.2) is 66.5 Å². The molecule has 0 aliphatic carbocycles. The second-order valence-corrected chi connectivity index (χ2v) is 10.8. The molecule has 1 N–H and O–H groups in total. The first-order valence-corrected chi connectivity index (χ1v) is 14.1. The third-order valence-corrected chi connectivity index (χ3v) is 7.29. The Morgan fingerprint density at radius 1 is 1.20 bits per heavy atom. The fourth-order valence-electron chi connectivity index (χ4n) is 4.73. The zero-order chi connectivity index (χ0) is 29.7. The van der Waals surface area contributed by atoms with E-state index in [4.69, 9.17) is 37.7 Å². The number of urea groups is 1. The number of amides is 3. The van der Waals surface area contributed by atoms with Gasteiger partial charge in [-0.25, -0.2) is 4.79 Å². The highest BCUT2D eigenvalue weighted by Crippen LogP contribution is 2.40. The summed E-state index contributed by atoms with van der Waals surface area (Å²) in [4.78, 5) is 34.9. The van der Waals surface area contributed by atoms with Gasteiger partial charge in [-0.2, -0.15) is 0 Å². The molecular weight excluding hydrogens is 563 g/mol. The molecule has 2 aliphatic rings. The van der Waals surface area contributed by atoms with Crippen LogP contribution in [0.15, 0.2) is 82.9 Å². The first-order chi connectivity index (χ1) is 19.6. The molecule has 1 saturated heterocycles. The number of methoxy groups -OCH3 is 1. The van der Waals surface area contributed by atoms with Crippen molar-refractivity contribution >= 4 is 41.0 Å². The molecule has 2 heterocycles. The molecule has 0 spiro atoms. The Morgan fingerprint density at radius 2 is 1.93 bits per heavy atom. The van der Waals surface area contributed by atoms with Gasteiger partial charge < -0.3 is 19.7 Å². The normalized spacial score (nSPS) is 19.4. The number of hydrogen-bond donors (Lipinski definition) is 1. The highest BCUT2D eigenvalue weighted by atomic mass is 35.5. The largest absolute Gasteiger partial charge is 0.497 e. The summed E-state index contributed by atoms with van der Waals surface area (Å²) in [5.41, 5.74) is 2.06. The molecule has 0 radical (unpaired) electrons. The van der Waals surface area contributed by atoms with E-state index >= 15 is 0 Å². The summed E-state index contributed by atoms with van der Waals surface area (Å²) < 4.78 is 11.6. The Hall–Kier alpha value is -3.75. The molecule has 4 rings (SSSR count). The number of nitrogens with one attached hydrogen (secondary N) is 1. The summed E-state index contributed by atoms with van der Waals surface area (Å²) in [7, 11) is 1.58. The van der Waals surface area contributed by atoms with Gasteiger partial charge in [0.2, 0.25) is 5.91 Å². The lowest BCUT2D eigenvalue weighted by atomic mass is 9.94. The summed E-state index contributed by atoms with van der Waals surface area (Å²) in [6.45, 7) is 10.7. The molecule has 2 aliphatic heterocycles. The average molecular weight is 598 g/mol. The van der Waals surface area contributed by atoms with E-state index in [1.54, 1.807) is 54.5 Å². The first-order valence-electron chi connectivity index (χ1n) is 13.3. The molecule has 216 valence electrons. The van der Waals surface area contributed by atoms with Crippen LogP contribution in [0.2, 0.25) is 5.02 Å². The minimum atomic E-state index is -0.629. The number of amidine groups is 1. The van der Waals surface area contributed by atoms with Crippen LogP contribution in [0.5, 0.6) is 11.5 Å². The van der Waals surface area contributed by atoms with Crippen molar-refractivity contribution in [3.05, 3.63) is 94.0 Å². The Balaban J connectivity index is 1.92. The molecule has 3 amide bonds. The third-order valence-electron chi connectivity index (χ3n) is 6.70. The summed E-state index contributed by atoms with van der Waals surface area (Å²) in [6, 6.07) is 11.2. The summed E-state index contributed by atoms with van der Waals surface area (Å²) >= 11 is 12.5. The van der Waals surface area contributed by atoms with E-state index in [1.807, 2.05) is 39.0 Å². The molecule has 2 aromatic rings. The van der Waals surface area contributed by atoms with Gasteiger partial charge in [-0.3, -0.25) is 14.7 Å². The van der Waals surface area contributed by atoms with E-state index in [0.717, 1.165) is 5.56 Å². The highest BCUT2D eigenvalue weighted by molar-refractivity contribution is 6.31. The van der Waals surface area contributed by atoms with Gasteiger partial charge in [0.15, 0.2) is 0 Å². The lowest BCUT2D eigenvalue weighted by Crippen LogP contribution is -2.56. The zero-order valence-corrected chi connectivity index (χ0v) is 25.1. The number of rotatable bonds is 8. The number of hydrogen-bond acceptors (Lipinski definition) is 5. The van der Waals surface area contributed by atoms with Gasteiger partial charge in [0, 0.05) is 29.2 Å². The average Bonchev–Trinajstić information content (AvgIpc) is 3.35. The summed E-state index contributed by atoms with van der Waals surface area (Å²) in [6.07, 6.45) is 5.14. The molecule has 2 atom stereocenters. The van der Waals surface area contributed by atoms with Crippen molar-refractivity contribution in [1.29, 1.82) is 0 Å². The maximum Gasteiger partial charge on any atom is 0.326 e. The molecule has 0 saturated carbocycles. The van der Waals surface area contributed by atoms with E-state index < -0.39 is 12.1 Å². The second-order valence-electron chi connectivity index (χ2n) is 9.93. The number of ether oxygens (including phenoxy) is 2. The Kier molecular flexibility index (Phi) is 9.78. The van der Waals surface area contributed by atoms with Gasteiger partial charge in [-0.15, -0.1) is 0 Å². The predicted molar refractivity (Wildman–Crippen MR) is 163 cm³/mol. The minimum absolute atomic E-state index is 0.0639. The molecule has 0 aromatic heterocycles. The van der Waals surface area contributed by atoms with E-state index in [0.29, 0.717) is 51.6 Å². The number of nitrogens with zero attached hydrogens (tertiary/aromatic N) is 3. The Morgan fingerprint density at radius 3 is 2.56 bits per heavy atom. The molecular formula is C31H34Cl2N4O4. The van der Waals surface area contributed by atoms with Crippen LogP contribution in [0.4, 0.5) is 4.79 Å². The fourth-order valence-corrected chi connectivity index (χ4v) is 4.92. The van der Waals surface area contributed by atoms with Crippen molar-refractivity contribution in [3.63, 3.8) is 0 Å². The summed E-state index contributed by atoms with van der Waals surface area (Å²) in [5.74, 6) is 1.30. The second kappa shape index (κ2) is 13.3. The van der Waals surface area contributed by atoms with Crippen LogP contribution < -0.4 is 14.8 Å². The van der Waals surface area contributed by atoms with Crippen molar-refractivity contribution in [1.82, 2.24) is 15.1 Å². The first kappa shape index (κ1) is 30.2. The molecule has 0 unspecified atom stereocenters. The monoisotopic (exact) mass is 596 g/mol. The Labute approximate surface area is 250 Å². The maximum atomic E-state index is 14.3. The van der Waals surface area contributed by atoms with Crippen molar-refractivity contribution < 1.29 is 19.1 Å².